The van der Waals surface area contributed by atoms with Gasteiger partial charge in [-0.1, -0.05) is 6.07 Å². The van der Waals surface area contributed by atoms with Gasteiger partial charge in [-0.05, 0) is 18.2 Å². The molecule has 0 spiro atoms. The summed E-state index contributed by atoms with van der Waals surface area (Å²) in [6.45, 7) is 3.34. The molecule has 2 heterocycles. The Morgan fingerprint density at radius 2 is 2.18 bits per heavy atom. The summed E-state index contributed by atoms with van der Waals surface area (Å²) in [6, 6.07) is 5.32. The number of sulfone groups is 1. The topological polar surface area (TPSA) is 72.3 Å². The maximum absolute atomic E-state index is 11.4. The molecule has 0 atom stereocenters. The van der Waals surface area contributed by atoms with Crippen molar-refractivity contribution in [2.75, 3.05) is 6.26 Å². The summed E-state index contributed by atoms with van der Waals surface area (Å²) in [7, 11) is -3.45. The lowest BCUT2D eigenvalue weighted by Gasteiger charge is -2.02. The van der Waals surface area contributed by atoms with Crippen molar-refractivity contribution in [3.63, 3.8) is 0 Å². The first kappa shape index (κ1) is 11.9. The highest BCUT2D eigenvalue weighted by Gasteiger charge is 2.14. The number of hydrogen-bond donors (Lipinski definition) is 0. The van der Waals surface area contributed by atoms with E-state index >= 15 is 0 Å². The highest BCUT2D eigenvalue weighted by atomic mass is 32.2. The predicted molar refractivity (Wildman–Crippen MR) is 67.7 cm³/mol. The number of aliphatic imine (C=N–C) groups is 1. The summed E-state index contributed by atoms with van der Waals surface area (Å²) < 4.78 is 22.9. The third-order valence-electron chi connectivity index (χ3n) is 1.96. The minimum Gasteiger partial charge on any atom is -0.245 e. The summed E-state index contributed by atoms with van der Waals surface area (Å²) in [5.74, 6) is 0.254. The molecule has 0 unspecified atom stereocenters. The second kappa shape index (κ2) is 4.34. The molecule has 88 valence electrons. The average molecular weight is 267 g/mol. The van der Waals surface area contributed by atoms with Crippen LogP contribution in [0.2, 0.25) is 0 Å². The largest absolute Gasteiger partial charge is 0.249 e. The zero-order chi connectivity index (χ0) is 12.5. The Kier molecular flexibility index (Phi) is 3.03. The van der Waals surface area contributed by atoms with Crippen molar-refractivity contribution in [3.05, 3.63) is 23.6 Å². The normalized spacial score (nSPS) is 11.4. The molecule has 0 radical (unpaired) electrons. The van der Waals surface area contributed by atoms with Crippen LogP contribution in [0.25, 0.3) is 10.6 Å². The number of hydrogen-bond acceptors (Lipinski definition) is 6. The summed E-state index contributed by atoms with van der Waals surface area (Å²) >= 11 is 1.47. The lowest BCUT2D eigenvalue weighted by molar-refractivity contribution is 0.593. The molecule has 0 aliphatic carbocycles. The highest BCUT2D eigenvalue weighted by molar-refractivity contribution is 7.90. The Morgan fingerprint density at radius 1 is 1.41 bits per heavy atom. The van der Waals surface area contributed by atoms with E-state index in [9.17, 15) is 8.42 Å². The zero-order valence-corrected chi connectivity index (χ0v) is 10.6. The molecule has 0 aliphatic heterocycles. The van der Waals surface area contributed by atoms with Gasteiger partial charge in [-0.2, -0.15) is 4.98 Å². The first-order valence-electron chi connectivity index (χ1n) is 4.60. The first-order chi connectivity index (χ1) is 8.00. The van der Waals surface area contributed by atoms with E-state index in [1.807, 2.05) is 17.5 Å². The Morgan fingerprint density at radius 3 is 2.71 bits per heavy atom. The Labute approximate surface area is 103 Å². The Hall–Kier alpha value is -1.60. The summed E-state index contributed by atoms with van der Waals surface area (Å²) in [4.78, 5) is 12.3. The second-order valence-electron chi connectivity index (χ2n) is 3.30. The van der Waals surface area contributed by atoms with Crippen LogP contribution in [0.3, 0.4) is 0 Å². The van der Waals surface area contributed by atoms with Crippen molar-refractivity contribution in [2.24, 2.45) is 4.99 Å². The van der Waals surface area contributed by atoms with Crippen LogP contribution < -0.4 is 0 Å². The lowest BCUT2D eigenvalue weighted by atomic mass is 10.3. The fourth-order valence-corrected chi connectivity index (χ4v) is 2.42. The van der Waals surface area contributed by atoms with E-state index in [2.05, 4.69) is 21.7 Å². The quantitative estimate of drug-likeness (QED) is 0.629. The van der Waals surface area contributed by atoms with Crippen molar-refractivity contribution >= 4 is 33.7 Å². The molecule has 0 saturated heterocycles. The second-order valence-corrected chi connectivity index (χ2v) is 6.16. The molecule has 0 bridgehead atoms. The smallest absolute Gasteiger partial charge is 0.245 e. The molecule has 0 aromatic carbocycles. The molecular weight excluding hydrogens is 258 g/mol. The van der Waals surface area contributed by atoms with Gasteiger partial charge in [-0.25, -0.2) is 18.4 Å². The van der Waals surface area contributed by atoms with Gasteiger partial charge in [0, 0.05) is 12.3 Å². The minimum atomic E-state index is -3.45. The predicted octanol–water partition coefficient (Wildman–Crippen LogP) is 1.94. The van der Waals surface area contributed by atoms with Gasteiger partial charge < -0.3 is 0 Å². The van der Waals surface area contributed by atoms with Gasteiger partial charge in [-0.15, -0.1) is 11.3 Å². The molecule has 2 aromatic heterocycles. The van der Waals surface area contributed by atoms with Crippen LogP contribution in [-0.4, -0.2) is 31.4 Å². The molecule has 0 saturated carbocycles. The van der Waals surface area contributed by atoms with Crippen molar-refractivity contribution in [3.8, 4) is 10.6 Å². The lowest BCUT2D eigenvalue weighted by Crippen LogP contribution is -2.04. The standard InChI is InChI=1S/C10H9N3O2S2/c1-11-9-6-7(8-4-3-5-16-8)12-10(13-9)17(2,14)15/h3-6H,1H2,2H3. The van der Waals surface area contributed by atoms with Crippen molar-refractivity contribution < 1.29 is 8.42 Å². The van der Waals surface area contributed by atoms with Crippen molar-refractivity contribution in [1.29, 1.82) is 0 Å². The van der Waals surface area contributed by atoms with Crippen LogP contribution in [0.1, 0.15) is 0 Å². The summed E-state index contributed by atoms with van der Waals surface area (Å²) in [5, 5.41) is 1.66. The van der Waals surface area contributed by atoms with Crippen LogP contribution in [0.4, 0.5) is 5.82 Å². The van der Waals surface area contributed by atoms with E-state index in [0.29, 0.717) is 5.69 Å². The van der Waals surface area contributed by atoms with Gasteiger partial charge in [0.05, 0.1) is 10.6 Å². The van der Waals surface area contributed by atoms with E-state index in [0.717, 1.165) is 11.1 Å². The molecule has 0 amide bonds. The number of thiophene rings is 1. The van der Waals surface area contributed by atoms with E-state index in [1.165, 1.54) is 11.3 Å². The third-order valence-corrected chi connectivity index (χ3v) is 3.70. The molecule has 0 N–H and O–H groups in total. The number of nitrogens with zero attached hydrogens (tertiary/aromatic N) is 3. The molecule has 2 rings (SSSR count). The molecule has 7 heteroatoms. The van der Waals surface area contributed by atoms with Gasteiger partial charge in [0.2, 0.25) is 15.0 Å². The molecule has 0 fully saturated rings. The summed E-state index contributed by atoms with van der Waals surface area (Å²) in [5.41, 5.74) is 0.540. The van der Waals surface area contributed by atoms with Crippen molar-refractivity contribution in [2.45, 2.75) is 5.16 Å². The van der Waals surface area contributed by atoms with E-state index in [4.69, 9.17) is 0 Å². The van der Waals surface area contributed by atoms with Crippen LogP contribution in [0, 0.1) is 0 Å². The van der Waals surface area contributed by atoms with Crippen LogP contribution >= 0.6 is 11.3 Å². The molecule has 17 heavy (non-hydrogen) atoms. The van der Waals surface area contributed by atoms with E-state index < -0.39 is 9.84 Å². The van der Waals surface area contributed by atoms with Gasteiger partial charge in [-0.3, -0.25) is 0 Å². The average Bonchev–Trinajstić information content (AvgIpc) is 2.80. The SMILES string of the molecule is C=Nc1cc(-c2cccs2)nc(S(C)(=O)=O)n1. The van der Waals surface area contributed by atoms with Crippen molar-refractivity contribution in [1.82, 2.24) is 9.97 Å². The van der Waals surface area contributed by atoms with Crippen LogP contribution in [0.15, 0.2) is 33.7 Å². The van der Waals surface area contributed by atoms with E-state index in [1.54, 1.807) is 6.07 Å². The first-order valence-corrected chi connectivity index (χ1v) is 7.37. The minimum absolute atomic E-state index is 0.231. The third kappa shape index (κ3) is 2.56. The van der Waals surface area contributed by atoms with Gasteiger partial charge in [0.1, 0.15) is 0 Å². The Balaban J connectivity index is 2.66. The van der Waals surface area contributed by atoms with Gasteiger partial charge in [0.25, 0.3) is 0 Å². The molecule has 5 nitrogen and oxygen atoms in total. The molecule has 0 aliphatic rings. The molecular formula is C10H9N3O2S2. The van der Waals surface area contributed by atoms with Crippen LogP contribution in [-0.2, 0) is 9.84 Å². The Bertz CT molecular complexity index is 648. The van der Waals surface area contributed by atoms with Gasteiger partial charge >= 0.3 is 0 Å². The monoisotopic (exact) mass is 267 g/mol. The maximum Gasteiger partial charge on any atom is 0.249 e. The summed E-state index contributed by atoms with van der Waals surface area (Å²) in [6.07, 6.45) is 1.06. The molecule has 2 aromatic rings. The zero-order valence-electron chi connectivity index (χ0n) is 8.99. The fourth-order valence-electron chi connectivity index (χ4n) is 1.21. The number of rotatable bonds is 3. The highest BCUT2D eigenvalue weighted by Crippen LogP contribution is 2.26. The van der Waals surface area contributed by atoms with E-state index in [-0.39, 0.29) is 11.0 Å². The van der Waals surface area contributed by atoms with Gasteiger partial charge in [0.15, 0.2) is 5.82 Å². The van der Waals surface area contributed by atoms with Crippen LogP contribution in [0.5, 0.6) is 0 Å². The maximum atomic E-state index is 11.4. The fraction of sp³-hybridized carbons (Fsp3) is 0.100. The number of aromatic nitrogens is 2.